The van der Waals surface area contributed by atoms with Crippen molar-refractivity contribution in [1.82, 2.24) is 9.88 Å². The number of aliphatic hydroxyl groups is 1. The Morgan fingerprint density at radius 1 is 1.13 bits per heavy atom. The van der Waals surface area contributed by atoms with Gasteiger partial charge in [0.25, 0.3) is 0 Å². The summed E-state index contributed by atoms with van der Waals surface area (Å²) in [6.45, 7) is 6.43. The van der Waals surface area contributed by atoms with Crippen molar-refractivity contribution in [2.24, 2.45) is 0 Å². The molecule has 8 nitrogen and oxygen atoms in total. The minimum Gasteiger partial charge on any atom is -0.491 e. The van der Waals surface area contributed by atoms with Crippen LogP contribution in [0, 0.1) is 0 Å². The van der Waals surface area contributed by atoms with E-state index in [4.69, 9.17) is 16.3 Å². The van der Waals surface area contributed by atoms with Gasteiger partial charge in [-0.05, 0) is 86.8 Å². The number of hydrogen-bond acceptors (Lipinski definition) is 6. The molecule has 0 bridgehead atoms. The number of nitrogens with zero attached hydrogens (tertiary/aromatic N) is 4. The maximum Gasteiger partial charge on any atom is 0.236 e. The van der Waals surface area contributed by atoms with E-state index < -0.39 is 11.0 Å². The lowest BCUT2D eigenvalue weighted by molar-refractivity contribution is -0.125. The van der Waals surface area contributed by atoms with Gasteiger partial charge in [0, 0.05) is 23.7 Å². The molecule has 39 heavy (non-hydrogen) atoms. The zero-order valence-electron chi connectivity index (χ0n) is 23.6. The van der Waals surface area contributed by atoms with Gasteiger partial charge in [-0.3, -0.25) is 19.4 Å². The minimum absolute atomic E-state index is 0.0232. The van der Waals surface area contributed by atoms with Gasteiger partial charge in [-0.1, -0.05) is 11.6 Å². The number of halogens is 1. The molecule has 0 atom stereocenters. The van der Waals surface area contributed by atoms with Gasteiger partial charge in [-0.2, -0.15) is 0 Å². The van der Waals surface area contributed by atoms with Crippen molar-refractivity contribution in [3.05, 3.63) is 46.6 Å². The normalized spacial score (nSPS) is 19.4. The lowest BCUT2D eigenvalue weighted by Gasteiger charge is -2.40. The second kappa shape index (κ2) is 10.2. The van der Waals surface area contributed by atoms with Crippen LogP contribution in [0.5, 0.6) is 5.75 Å². The number of fused-ring (bicyclic) bond motifs is 3. The van der Waals surface area contributed by atoms with Crippen LogP contribution < -0.4 is 14.5 Å². The molecule has 0 radical (unpaired) electrons. The topological polar surface area (TPSA) is 86.2 Å². The first-order valence-corrected chi connectivity index (χ1v) is 14.2. The quantitative estimate of drug-likeness (QED) is 0.493. The van der Waals surface area contributed by atoms with Gasteiger partial charge >= 0.3 is 0 Å². The zero-order chi connectivity index (χ0) is 28.2. The predicted octanol–water partition coefficient (Wildman–Crippen LogP) is 0.0549. The number of benzene rings is 1. The number of pyridine rings is 1. The number of aryl methyl sites for hydroxylation is 1. The van der Waals surface area contributed by atoms with Gasteiger partial charge in [0.15, 0.2) is 0 Å². The first-order chi connectivity index (χ1) is 18.3. The summed E-state index contributed by atoms with van der Waals surface area (Å²) in [5, 5.41) is 10.6. The van der Waals surface area contributed by atoms with Crippen molar-refractivity contribution in [1.29, 1.82) is 0 Å². The average molecular weight is 548 g/mol. The van der Waals surface area contributed by atoms with Crippen LogP contribution in [0.1, 0.15) is 44.2 Å². The predicted molar refractivity (Wildman–Crippen MR) is 161 cm³/mol. The van der Waals surface area contributed by atoms with E-state index in [-0.39, 0.29) is 23.6 Å². The number of piperidine rings is 1. The van der Waals surface area contributed by atoms with E-state index in [0.29, 0.717) is 36.0 Å². The van der Waals surface area contributed by atoms with Gasteiger partial charge in [0.05, 0.1) is 23.8 Å². The monoisotopic (exact) mass is 548 g/mol. The summed E-state index contributed by atoms with van der Waals surface area (Å²) in [6.07, 6.45) is 4.15. The largest absolute Gasteiger partial charge is 0.491 e. The summed E-state index contributed by atoms with van der Waals surface area (Å²) in [7, 11) is 6.23. The highest BCUT2D eigenvalue weighted by Gasteiger charge is 2.54. The van der Waals surface area contributed by atoms with Crippen LogP contribution in [0.15, 0.2) is 30.5 Å². The zero-order valence-corrected chi connectivity index (χ0v) is 24.3. The van der Waals surface area contributed by atoms with Crippen LogP contribution in [0.4, 0.5) is 11.5 Å². The van der Waals surface area contributed by atoms with E-state index in [1.165, 1.54) is 0 Å². The molecule has 1 fully saturated rings. The van der Waals surface area contributed by atoms with E-state index in [1.807, 2.05) is 29.2 Å². The Morgan fingerprint density at radius 3 is 2.51 bits per heavy atom. The fourth-order valence-corrected chi connectivity index (χ4v) is 6.33. The Bertz CT molecular complexity index is 1290. The summed E-state index contributed by atoms with van der Waals surface area (Å²) < 4.78 is 6.06. The molecule has 0 aliphatic carbocycles. The van der Waals surface area contributed by atoms with E-state index in [1.54, 1.807) is 24.9 Å². The van der Waals surface area contributed by atoms with Crippen LogP contribution in [-0.4, -0.2) is 94.0 Å². The van der Waals surface area contributed by atoms with Crippen molar-refractivity contribution >= 4 is 58.5 Å². The van der Waals surface area contributed by atoms with Crippen LogP contribution in [0.3, 0.4) is 0 Å². The number of rotatable bonds is 7. The molecule has 2 amide bonds. The number of β-amino-alcohol motifs (C(OH)–C–C–N with tert-alkyl or cyclic N) is 1. The van der Waals surface area contributed by atoms with E-state index in [0.717, 1.165) is 49.3 Å². The highest BCUT2D eigenvalue weighted by atomic mass is 35.5. The molecule has 1 aromatic heterocycles. The molecule has 1 aromatic carbocycles. The third-order valence-electron chi connectivity index (χ3n) is 8.01. The number of carbonyl (C=O) groups excluding carboxylic acids is 2. The second-order valence-corrected chi connectivity index (χ2v) is 13.1. The molecule has 12 heteroatoms. The van der Waals surface area contributed by atoms with Gasteiger partial charge in [0.2, 0.25) is 11.8 Å². The minimum atomic E-state index is -1.00. The second-order valence-electron chi connectivity index (χ2n) is 12.7. The fourth-order valence-electron chi connectivity index (χ4n) is 6.16. The maximum atomic E-state index is 13.8. The third-order valence-corrected chi connectivity index (χ3v) is 8.25. The number of aromatic nitrogens is 1. The Kier molecular flexibility index (Phi) is 7.31. The summed E-state index contributed by atoms with van der Waals surface area (Å²) in [5.74, 6) is 1.44. The SMILES string of the molecule is BC(B)(B)N1C(=O)C2(CCN(CCOc3cnc4c(c3)CCC(=O)N4CC(C)(C)O)CC2)c2cc(Cl)ccc21. The first kappa shape index (κ1) is 28.1. The molecule has 5 rings (SSSR count). The molecule has 3 aliphatic rings. The Morgan fingerprint density at radius 2 is 1.85 bits per heavy atom. The van der Waals surface area contributed by atoms with Gasteiger partial charge < -0.3 is 14.7 Å². The van der Waals surface area contributed by atoms with Gasteiger partial charge in [-0.15, -0.1) is 0 Å². The van der Waals surface area contributed by atoms with E-state index >= 15 is 0 Å². The fraction of sp³-hybridized carbons (Fsp3) is 0.519. The van der Waals surface area contributed by atoms with E-state index in [9.17, 15) is 14.7 Å². The molecule has 4 heterocycles. The van der Waals surface area contributed by atoms with Crippen LogP contribution in [0.2, 0.25) is 5.02 Å². The van der Waals surface area contributed by atoms with Crippen LogP contribution in [0.25, 0.3) is 0 Å². The highest BCUT2D eigenvalue weighted by molar-refractivity contribution is 6.62. The smallest absolute Gasteiger partial charge is 0.236 e. The molecule has 0 saturated carbocycles. The first-order valence-electron chi connectivity index (χ1n) is 13.8. The van der Waals surface area contributed by atoms with Crippen molar-refractivity contribution in [3.63, 3.8) is 0 Å². The molecule has 1 spiro atoms. The van der Waals surface area contributed by atoms with E-state index in [2.05, 4.69) is 33.4 Å². The summed E-state index contributed by atoms with van der Waals surface area (Å²) in [4.78, 5) is 36.7. The highest BCUT2D eigenvalue weighted by Crippen LogP contribution is 2.50. The number of hydrogen-bond donors (Lipinski definition) is 1. The Hall–Kier alpha value is -2.49. The van der Waals surface area contributed by atoms with Crippen molar-refractivity contribution in [2.45, 2.75) is 55.8 Å². The maximum absolute atomic E-state index is 13.8. The average Bonchev–Trinajstić information content (AvgIpc) is 3.09. The summed E-state index contributed by atoms with van der Waals surface area (Å²) >= 11 is 6.39. The van der Waals surface area contributed by atoms with Crippen LogP contribution >= 0.6 is 11.6 Å². The third kappa shape index (κ3) is 5.46. The number of anilines is 2. The standard InChI is InChI=1S/C27H36B3ClN4O4/c1-25(2,38)16-34-22(36)6-3-17-13-19(15-32-23(17)34)39-12-11-33-9-7-26(8-10-33)20-14-18(31)4-5-21(20)35(24(26)37)27(28,29)30/h4-5,13-15,38H,3,6-12,16,28-30H2,1-2H3. The molecule has 1 N–H and O–H groups in total. The Balaban J connectivity index is 1.21. The molecular formula is C27H36B3ClN4O4. The van der Waals surface area contributed by atoms with Crippen molar-refractivity contribution in [3.8, 4) is 5.75 Å². The molecular weight excluding hydrogens is 512 g/mol. The van der Waals surface area contributed by atoms with Crippen molar-refractivity contribution in [2.75, 3.05) is 42.6 Å². The molecule has 2 aromatic rings. The lowest BCUT2D eigenvalue weighted by atomic mass is 9.48. The van der Waals surface area contributed by atoms with Crippen LogP contribution in [-0.2, 0) is 21.4 Å². The molecule has 0 unspecified atom stereocenters. The lowest BCUT2D eigenvalue weighted by Crippen LogP contribution is -2.57. The molecule has 3 aliphatic heterocycles. The number of amides is 2. The van der Waals surface area contributed by atoms with Gasteiger partial charge in [0.1, 0.15) is 41.7 Å². The summed E-state index contributed by atoms with van der Waals surface area (Å²) in [5.41, 5.74) is 1.47. The molecule has 204 valence electrons. The number of likely N-dealkylation sites (tertiary alicyclic amines) is 1. The molecule has 1 saturated heterocycles. The number of carbonyl (C=O) groups is 2. The van der Waals surface area contributed by atoms with Gasteiger partial charge in [-0.25, -0.2) is 4.98 Å². The number of ether oxygens (including phenoxy) is 1. The summed E-state index contributed by atoms with van der Waals surface area (Å²) in [6, 6.07) is 7.80. The van der Waals surface area contributed by atoms with Crippen molar-refractivity contribution < 1.29 is 19.4 Å². The Labute approximate surface area is 238 Å².